The van der Waals surface area contributed by atoms with Gasteiger partial charge in [0.2, 0.25) is 0 Å². The average molecular weight is 183 g/mol. The van der Waals surface area contributed by atoms with Gasteiger partial charge in [0.05, 0.1) is 0 Å². The van der Waals surface area contributed by atoms with Gasteiger partial charge in [0.15, 0.2) is 0 Å². The second-order valence-corrected chi connectivity index (χ2v) is 3.14. The van der Waals surface area contributed by atoms with Gasteiger partial charge in [-0.05, 0) is 25.0 Å². The Morgan fingerprint density at radius 3 is 2.77 bits per heavy atom. The maximum absolute atomic E-state index is 13.3. The quantitative estimate of drug-likeness (QED) is 0.746. The molecule has 1 aromatic rings. The minimum atomic E-state index is -0.411. The van der Waals surface area contributed by atoms with Crippen molar-refractivity contribution in [3.05, 3.63) is 35.1 Å². The highest BCUT2D eigenvalue weighted by molar-refractivity contribution is 5.25. The van der Waals surface area contributed by atoms with E-state index in [1.807, 2.05) is 13.0 Å². The Hall–Kier alpha value is -0.930. The summed E-state index contributed by atoms with van der Waals surface area (Å²) in [5, 5.41) is 8.64. The molecule has 0 aliphatic heterocycles. The van der Waals surface area contributed by atoms with E-state index in [0.29, 0.717) is 12.0 Å². The Bertz CT molecular complexity index is 288. The molecule has 13 heavy (non-hydrogen) atoms. The first kappa shape index (κ1) is 10.2. The van der Waals surface area contributed by atoms with Crippen molar-refractivity contribution in [3.63, 3.8) is 0 Å². The molecule has 0 aliphatic carbocycles. The number of hydrogen-bond donors (Lipinski definition) is 2. The molecule has 0 saturated heterocycles. The second-order valence-electron chi connectivity index (χ2n) is 3.14. The first-order valence-electron chi connectivity index (χ1n) is 4.27. The normalized spacial score (nSPS) is 12.9. The molecule has 0 heterocycles. The van der Waals surface area contributed by atoms with Crippen molar-refractivity contribution in [2.75, 3.05) is 6.61 Å². The van der Waals surface area contributed by atoms with Crippen molar-refractivity contribution >= 4 is 0 Å². The largest absolute Gasteiger partial charge is 0.396 e. The van der Waals surface area contributed by atoms with Gasteiger partial charge in [-0.15, -0.1) is 0 Å². The maximum Gasteiger partial charge on any atom is 0.128 e. The van der Waals surface area contributed by atoms with E-state index < -0.39 is 6.04 Å². The molecule has 0 aromatic heterocycles. The van der Waals surface area contributed by atoms with Gasteiger partial charge in [-0.3, -0.25) is 0 Å². The predicted molar refractivity (Wildman–Crippen MR) is 49.8 cm³/mol. The smallest absolute Gasteiger partial charge is 0.128 e. The van der Waals surface area contributed by atoms with Gasteiger partial charge in [0.25, 0.3) is 0 Å². The summed E-state index contributed by atoms with van der Waals surface area (Å²) in [6, 6.07) is 4.53. The fraction of sp³-hybridized carbons (Fsp3) is 0.400. The molecule has 1 atom stereocenters. The van der Waals surface area contributed by atoms with E-state index in [1.165, 1.54) is 6.07 Å². The zero-order chi connectivity index (χ0) is 9.84. The van der Waals surface area contributed by atoms with Gasteiger partial charge in [-0.25, -0.2) is 4.39 Å². The maximum atomic E-state index is 13.3. The van der Waals surface area contributed by atoms with Crippen LogP contribution in [-0.4, -0.2) is 11.7 Å². The summed E-state index contributed by atoms with van der Waals surface area (Å²) in [6.45, 7) is 1.80. The topological polar surface area (TPSA) is 46.2 Å². The third-order valence-electron chi connectivity index (χ3n) is 2.00. The van der Waals surface area contributed by atoms with Crippen molar-refractivity contribution in [3.8, 4) is 0 Å². The molecule has 72 valence electrons. The average Bonchev–Trinajstić information content (AvgIpc) is 2.04. The van der Waals surface area contributed by atoms with Gasteiger partial charge in [-0.1, -0.05) is 12.1 Å². The van der Waals surface area contributed by atoms with Crippen LogP contribution in [0.2, 0.25) is 0 Å². The highest BCUT2D eigenvalue weighted by Crippen LogP contribution is 2.18. The fourth-order valence-corrected chi connectivity index (χ4v) is 1.23. The van der Waals surface area contributed by atoms with Gasteiger partial charge in [-0.2, -0.15) is 0 Å². The summed E-state index contributed by atoms with van der Waals surface area (Å²) < 4.78 is 13.3. The minimum Gasteiger partial charge on any atom is -0.396 e. The lowest BCUT2D eigenvalue weighted by atomic mass is 10.0. The number of nitrogens with two attached hydrogens (primary N) is 1. The summed E-state index contributed by atoms with van der Waals surface area (Å²) in [5.41, 5.74) is 7.00. The van der Waals surface area contributed by atoms with Crippen LogP contribution in [0.25, 0.3) is 0 Å². The van der Waals surface area contributed by atoms with Gasteiger partial charge >= 0.3 is 0 Å². The Kier molecular flexibility index (Phi) is 3.39. The number of aryl methyl sites for hydroxylation is 1. The fourth-order valence-electron chi connectivity index (χ4n) is 1.23. The molecule has 1 rings (SSSR count). The summed E-state index contributed by atoms with van der Waals surface area (Å²) in [7, 11) is 0. The Morgan fingerprint density at radius 1 is 1.54 bits per heavy atom. The van der Waals surface area contributed by atoms with Gasteiger partial charge in [0, 0.05) is 18.2 Å². The van der Waals surface area contributed by atoms with E-state index in [4.69, 9.17) is 10.8 Å². The van der Waals surface area contributed by atoms with Crippen LogP contribution in [0.5, 0.6) is 0 Å². The molecule has 3 N–H and O–H groups in total. The molecule has 1 aromatic carbocycles. The van der Waals surface area contributed by atoms with Gasteiger partial charge < -0.3 is 10.8 Å². The molecule has 3 heteroatoms. The Morgan fingerprint density at radius 2 is 2.23 bits per heavy atom. The van der Waals surface area contributed by atoms with E-state index in [2.05, 4.69) is 0 Å². The van der Waals surface area contributed by atoms with Crippen molar-refractivity contribution in [2.45, 2.75) is 19.4 Å². The number of benzene rings is 1. The van der Waals surface area contributed by atoms with Crippen LogP contribution in [0, 0.1) is 12.7 Å². The monoisotopic (exact) mass is 183 g/mol. The van der Waals surface area contributed by atoms with Crippen LogP contribution >= 0.6 is 0 Å². The van der Waals surface area contributed by atoms with Gasteiger partial charge in [0.1, 0.15) is 5.82 Å². The third kappa shape index (κ3) is 2.50. The number of aliphatic hydroxyl groups is 1. The summed E-state index contributed by atoms with van der Waals surface area (Å²) in [6.07, 6.45) is 0.389. The molecule has 0 bridgehead atoms. The Balaban J connectivity index is 2.88. The van der Waals surface area contributed by atoms with Crippen LogP contribution in [0.15, 0.2) is 18.2 Å². The second kappa shape index (κ2) is 4.35. The first-order valence-corrected chi connectivity index (χ1v) is 4.27. The zero-order valence-corrected chi connectivity index (χ0v) is 7.63. The molecule has 2 nitrogen and oxygen atoms in total. The molecular formula is C10H14FNO. The molecule has 1 unspecified atom stereocenters. The van der Waals surface area contributed by atoms with Crippen LogP contribution < -0.4 is 5.73 Å². The zero-order valence-electron chi connectivity index (χ0n) is 7.63. The van der Waals surface area contributed by atoms with Crippen molar-refractivity contribution < 1.29 is 9.50 Å². The van der Waals surface area contributed by atoms with Crippen LogP contribution in [-0.2, 0) is 0 Å². The lowest BCUT2D eigenvalue weighted by Gasteiger charge is -2.11. The van der Waals surface area contributed by atoms with E-state index in [0.717, 1.165) is 5.56 Å². The standard InChI is InChI=1S/C10H14FNO/c1-7-2-3-8(9(11)6-7)10(12)4-5-13/h2-3,6,10,13H,4-5,12H2,1H3. The first-order chi connectivity index (χ1) is 6.15. The predicted octanol–water partition coefficient (Wildman–Crippen LogP) is 1.52. The molecular weight excluding hydrogens is 169 g/mol. The highest BCUT2D eigenvalue weighted by Gasteiger charge is 2.10. The molecule has 0 spiro atoms. The van der Waals surface area contributed by atoms with Crippen molar-refractivity contribution in [1.82, 2.24) is 0 Å². The van der Waals surface area contributed by atoms with Crippen molar-refractivity contribution in [2.24, 2.45) is 5.73 Å². The van der Waals surface area contributed by atoms with Crippen LogP contribution in [0.3, 0.4) is 0 Å². The Labute approximate surface area is 77.2 Å². The summed E-state index contributed by atoms with van der Waals surface area (Å²) in [5.74, 6) is -0.291. The number of halogens is 1. The molecule has 0 saturated carbocycles. The van der Waals surface area contributed by atoms with Crippen molar-refractivity contribution in [1.29, 1.82) is 0 Å². The lowest BCUT2D eigenvalue weighted by Crippen LogP contribution is -2.13. The van der Waals surface area contributed by atoms with E-state index in [1.54, 1.807) is 6.07 Å². The van der Waals surface area contributed by atoms with Crippen LogP contribution in [0.1, 0.15) is 23.6 Å². The third-order valence-corrected chi connectivity index (χ3v) is 2.00. The highest BCUT2D eigenvalue weighted by atomic mass is 19.1. The molecule has 0 fully saturated rings. The number of rotatable bonds is 3. The minimum absolute atomic E-state index is 0.0194. The summed E-state index contributed by atoms with van der Waals surface area (Å²) >= 11 is 0. The summed E-state index contributed by atoms with van der Waals surface area (Å²) in [4.78, 5) is 0. The molecule has 0 radical (unpaired) electrons. The molecule has 0 aliphatic rings. The number of aliphatic hydroxyl groups excluding tert-OH is 1. The van der Waals surface area contributed by atoms with E-state index in [9.17, 15) is 4.39 Å². The van der Waals surface area contributed by atoms with Crippen LogP contribution in [0.4, 0.5) is 4.39 Å². The SMILES string of the molecule is Cc1ccc(C(N)CCO)c(F)c1. The van der Waals surface area contributed by atoms with E-state index >= 15 is 0 Å². The number of hydrogen-bond acceptors (Lipinski definition) is 2. The molecule has 0 amide bonds. The lowest BCUT2D eigenvalue weighted by molar-refractivity contribution is 0.275. The van der Waals surface area contributed by atoms with E-state index in [-0.39, 0.29) is 12.4 Å².